The van der Waals surface area contributed by atoms with Crippen LogP contribution in [0.5, 0.6) is 5.75 Å². The summed E-state index contributed by atoms with van der Waals surface area (Å²) in [5, 5.41) is 3.82. The van der Waals surface area contributed by atoms with Crippen LogP contribution in [0.1, 0.15) is 19.3 Å². The molecule has 3 aromatic rings. The number of likely N-dealkylation sites (tertiary alicyclic amines) is 1. The maximum atomic E-state index is 13.5. The number of halogens is 2. The van der Waals surface area contributed by atoms with E-state index in [-0.39, 0.29) is 10.9 Å². The molecular weight excluding hydrogens is 506 g/mol. The molecular formula is C24H24AsClFN4O2. The fraction of sp³-hybridized carbons (Fsp3) is 0.292. The molecule has 0 atom stereocenters. The van der Waals surface area contributed by atoms with Crippen LogP contribution in [0, 0.1) is 5.82 Å². The molecule has 1 aliphatic heterocycles. The van der Waals surface area contributed by atoms with Gasteiger partial charge in [-0.3, -0.25) is 0 Å². The second kappa shape index (κ2) is 11.1. The molecule has 1 fully saturated rings. The molecule has 1 amide bonds. The van der Waals surface area contributed by atoms with Crippen molar-refractivity contribution in [2.75, 3.05) is 32.1 Å². The Morgan fingerprint density at radius 2 is 2.06 bits per heavy atom. The number of hydrogen-bond donors (Lipinski definition) is 1. The van der Waals surface area contributed by atoms with Crippen molar-refractivity contribution in [3.05, 3.63) is 59.7 Å². The van der Waals surface area contributed by atoms with Gasteiger partial charge < -0.3 is 0 Å². The molecule has 0 spiro atoms. The van der Waals surface area contributed by atoms with Crippen molar-refractivity contribution >= 4 is 58.7 Å². The van der Waals surface area contributed by atoms with E-state index in [9.17, 15) is 9.18 Å². The summed E-state index contributed by atoms with van der Waals surface area (Å²) in [6.45, 7) is 2.93. The van der Waals surface area contributed by atoms with Crippen LogP contribution in [-0.2, 0) is 4.79 Å². The van der Waals surface area contributed by atoms with E-state index in [4.69, 9.17) is 16.3 Å². The molecule has 1 N–H and O–H groups in total. The number of nitrogens with one attached hydrogen (secondary N) is 1. The number of amides is 1. The minimum absolute atomic E-state index is 0.0899. The van der Waals surface area contributed by atoms with Crippen LogP contribution >= 0.6 is 11.6 Å². The summed E-state index contributed by atoms with van der Waals surface area (Å²) in [5.74, 6) is -0.148. The third-order valence-electron chi connectivity index (χ3n) is 5.41. The standard InChI is InChI=1S/C24H24AsClFN4O2/c1-33-22-14-20-17(24(29-15-28-20)25-16-7-8-19(27)18(26)12-16)13-21(22)30-23(32)6-5-11-31-9-3-2-4-10-31/h5-8,12-15H,2-4,9-11H2,1H3,(H,30,32)/b6-5+. The monoisotopic (exact) mass is 529 g/mol. The average molecular weight is 530 g/mol. The first-order valence-corrected chi connectivity index (χ1v) is 13.0. The average Bonchev–Trinajstić information content (AvgIpc) is 2.82. The van der Waals surface area contributed by atoms with Crippen molar-refractivity contribution in [1.29, 1.82) is 0 Å². The number of fused-ring (bicyclic) bond motifs is 1. The second-order valence-electron chi connectivity index (χ2n) is 7.73. The molecule has 0 saturated carbocycles. The van der Waals surface area contributed by atoms with E-state index in [1.54, 1.807) is 31.4 Å². The van der Waals surface area contributed by atoms with E-state index in [1.807, 2.05) is 12.1 Å². The predicted molar refractivity (Wildman–Crippen MR) is 131 cm³/mol. The Morgan fingerprint density at radius 1 is 1.24 bits per heavy atom. The van der Waals surface area contributed by atoms with Gasteiger partial charge in [-0.1, -0.05) is 6.42 Å². The van der Waals surface area contributed by atoms with Gasteiger partial charge in [-0.25, -0.2) is 0 Å². The van der Waals surface area contributed by atoms with E-state index < -0.39 is 21.6 Å². The molecule has 0 bridgehead atoms. The molecule has 171 valence electrons. The predicted octanol–water partition coefficient (Wildman–Crippen LogP) is 3.07. The Morgan fingerprint density at radius 3 is 2.82 bits per heavy atom. The number of ether oxygens (including phenoxy) is 1. The van der Waals surface area contributed by atoms with Crippen molar-refractivity contribution in [3.8, 4) is 5.75 Å². The number of carbonyl (C=O) groups excluding carboxylic acids is 1. The topological polar surface area (TPSA) is 67.4 Å². The third kappa shape index (κ3) is 6.11. The Labute approximate surface area is 203 Å². The first kappa shape index (κ1) is 23.7. The number of rotatable bonds is 7. The van der Waals surface area contributed by atoms with Crippen molar-refractivity contribution in [2.45, 2.75) is 19.3 Å². The van der Waals surface area contributed by atoms with E-state index in [0.717, 1.165) is 33.9 Å². The van der Waals surface area contributed by atoms with Crippen molar-refractivity contribution in [1.82, 2.24) is 14.9 Å². The molecule has 0 aliphatic carbocycles. The zero-order valence-electron chi connectivity index (χ0n) is 18.2. The van der Waals surface area contributed by atoms with Crippen LogP contribution in [-0.4, -0.2) is 63.3 Å². The summed E-state index contributed by atoms with van der Waals surface area (Å²) in [4.78, 5) is 23.7. The summed E-state index contributed by atoms with van der Waals surface area (Å²) in [7, 11) is 1.55. The van der Waals surface area contributed by atoms with Crippen molar-refractivity contribution in [3.63, 3.8) is 0 Å². The van der Waals surface area contributed by atoms with Crippen LogP contribution in [0.4, 0.5) is 10.1 Å². The van der Waals surface area contributed by atoms with Crippen molar-refractivity contribution < 1.29 is 13.9 Å². The molecule has 33 heavy (non-hydrogen) atoms. The van der Waals surface area contributed by atoms with Gasteiger partial charge in [-0.05, 0) is 0 Å². The maximum absolute atomic E-state index is 13.5. The summed E-state index contributed by atoms with van der Waals surface area (Å²) >= 11 is 5.38. The van der Waals surface area contributed by atoms with E-state index in [1.165, 1.54) is 31.7 Å². The summed E-state index contributed by atoms with van der Waals surface area (Å²) < 4.78 is 20.8. The molecule has 1 radical (unpaired) electrons. The molecule has 4 rings (SSSR count). The van der Waals surface area contributed by atoms with E-state index in [2.05, 4.69) is 20.2 Å². The number of anilines is 1. The first-order valence-electron chi connectivity index (χ1n) is 10.7. The van der Waals surface area contributed by atoms with Gasteiger partial charge in [0.2, 0.25) is 0 Å². The number of piperidine rings is 1. The summed E-state index contributed by atoms with van der Waals surface area (Å²) in [6.07, 6.45) is 8.67. The molecule has 1 saturated heterocycles. The zero-order chi connectivity index (χ0) is 23.2. The molecule has 2 aromatic carbocycles. The SMILES string of the molecule is COc1cc2ncnc([As]c3ccc(F)c(Cl)c3)c2cc1NC(=O)/C=C/CN1CCCCC1. The fourth-order valence-electron chi connectivity index (χ4n) is 3.73. The Balaban J connectivity index is 1.55. The molecule has 6 nitrogen and oxygen atoms in total. The minimum atomic E-state index is -0.570. The Hall–Kier alpha value is -2.47. The van der Waals surface area contributed by atoms with Gasteiger partial charge in [0.05, 0.1) is 0 Å². The van der Waals surface area contributed by atoms with E-state index in [0.29, 0.717) is 17.0 Å². The van der Waals surface area contributed by atoms with Crippen LogP contribution in [0.3, 0.4) is 0 Å². The van der Waals surface area contributed by atoms with Gasteiger partial charge in [0.1, 0.15) is 0 Å². The van der Waals surface area contributed by atoms with Gasteiger partial charge in [0.15, 0.2) is 0 Å². The fourth-order valence-corrected chi connectivity index (χ4v) is 6.16. The molecule has 2 heterocycles. The number of carbonyl (C=O) groups is 1. The quantitative estimate of drug-likeness (QED) is 0.376. The molecule has 0 unspecified atom stereocenters. The Bertz CT molecular complexity index is 1180. The number of nitrogens with zero attached hydrogens (tertiary/aromatic N) is 3. The second-order valence-corrected chi connectivity index (χ2v) is 10.6. The molecule has 1 aromatic heterocycles. The number of aromatic nitrogens is 2. The van der Waals surface area contributed by atoms with Crippen LogP contribution in [0.15, 0.2) is 48.8 Å². The van der Waals surface area contributed by atoms with Crippen molar-refractivity contribution in [2.24, 2.45) is 0 Å². The number of methoxy groups -OCH3 is 1. The van der Waals surface area contributed by atoms with Crippen LogP contribution in [0.25, 0.3) is 10.9 Å². The van der Waals surface area contributed by atoms with Gasteiger partial charge in [0.25, 0.3) is 0 Å². The van der Waals surface area contributed by atoms with Crippen LogP contribution in [0.2, 0.25) is 5.02 Å². The normalized spacial score (nSPS) is 15.0. The van der Waals surface area contributed by atoms with Gasteiger partial charge in [0, 0.05) is 0 Å². The van der Waals surface area contributed by atoms with Gasteiger partial charge in [-0.2, -0.15) is 0 Å². The first-order chi connectivity index (χ1) is 16.0. The van der Waals surface area contributed by atoms with Crippen LogP contribution < -0.4 is 18.9 Å². The molecule has 9 heteroatoms. The number of benzene rings is 2. The Kier molecular flexibility index (Phi) is 7.97. The third-order valence-corrected chi connectivity index (χ3v) is 8.02. The number of hydrogen-bond acceptors (Lipinski definition) is 5. The van der Waals surface area contributed by atoms with E-state index >= 15 is 0 Å². The van der Waals surface area contributed by atoms with Gasteiger partial charge >= 0.3 is 198 Å². The zero-order valence-corrected chi connectivity index (χ0v) is 20.9. The van der Waals surface area contributed by atoms with Gasteiger partial charge in [-0.15, -0.1) is 0 Å². The summed E-state index contributed by atoms with van der Waals surface area (Å²) in [6, 6.07) is 8.33. The summed E-state index contributed by atoms with van der Waals surface area (Å²) in [5.41, 5.74) is 1.26. The molecule has 1 aliphatic rings.